The SMILES string of the molecule is CC(C)(C)c1sc2ccc(F)cc2c1Cl. The van der Waals surface area contributed by atoms with Crippen molar-refractivity contribution < 1.29 is 4.39 Å². The van der Waals surface area contributed by atoms with E-state index in [0.29, 0.717) is 5.02 Å². The Morgan fingerprint density at radius 3 is 2.53 bits per heavy atom. The fourth-order valence-corrected chi connectivity index (χ4v) is 3.27. The van der Waals surface area contributed by atoms with Crippen LogP contribution < -0.4 is 0 Å². The fraction of sp³-hybridized carbons (Fsp3) is 0.333. The Morgan fingerprint density at radius 2 is 1.93 bits per heavy atom. The van der Waals surface area contributed by atoms with Gasteiger partial charge in [-0.15, -0.1) is 11.3 Å². The smallest absolute Gasteiger partial charge is 0.123 e. The van der Waals surface area contributed by atoms with Gasteiger partial charge in [0.15, 0.2) is 0 Å². The quantitative estimate of drug-likeness (QED) is 0.611. The maximum atomic E-state index is 13.1. The summed E-state index contributed by atoms with van der Waals surface area (Å²) < 4.78 is 14.1. The lowest BCUT2D eigenvalue weighted by Crippen LogP contribution is -2.08. The molecule has 0 fully saturated rings. The molecule has 0 unspecified atom stereocenters. The molecule has 0 aliphatic rings. The molecule has 0 nitrogen and oxygen atoms in total. The average molecular weight is 243 g/mol. The lowest BCUT2D eigenvalue weighted by molar-refractivity contribution is 0.604. The lowest BCUT2D eigenvalue weighted by Gasteiger charge is -2.16. The molecule has 15 heavy (non-hydrogen) atoms. The summed E-state index contributed by atoms with van der Waals surface area (Å²) in [4.78, 5) is 1.12. The van der Waals surface area contributed by atoms with Crippen LogP contribution in [0.5, 0.6) is 0 Å². The molecule has 0 aliphatic heterocycles. The molecule has 0 bridgehead atoms. The number of hydrogen-bond donors (Lipinski definition) is 0. The summed E-state index contributed by atoms with van der Waals surface area (Å²) in [5.41, 5.74) is 0.0112. The zero-order chi connectivity index (χ0) is 11.2. The molecule has 1 aromatic carbocycles. The highest BCUT2D eigenvalue weighted by Gasteiger charge is 2.22. The van der Waals surface area contributed by atoms with Crippen molar-refractivity contribution in [1.29, 1.82) is 0 Å². The molecule has 1 heterocycles. The van der Waals surface area contributed by atoms with Gasteiger partial charge in [-0.2, -0.15) is 0 Å². The van der Waals surface area contributed by atoms with Gasteiger partial charge in [0.25, 0.3) is 0 Å². The van der Waals surface area contributed by atoms with E-state index in [9.17, 15) is 4.39 Å². The molecule has 0 radical (unpaired) electrons. The summed E-state index contributed by atoms with van der Waals surface area (Å²) in [6.07, 6.45) is 0. The van der Waals surface area contributed by atoms with Crippen LogP contribution in [0, 0.1) is 5.82 Å². The molecule has 0 amide bonds. The van der Waals surface area contributed by atoms with Gasteiger partial charge in [0.2, 0.25) is 0 Å². The van der Waals surface area contributed by atoms with Gasteiger partial charge in [-0.25, -0.2) is 4.39 Å². The van der Waals surface area contributed by atoms with Crippen LogP contribution in [0.25, 0.3) is 10.1 Å². The molecule has 2 rings (SSSR count). The molecule has 80 valence electrons. The van der Waals surface area contributed by atoms with Crippen LogP contribution in [0.4, 0.5) is 4.39 Å². The second-order valence-electron chi connectivity index (χ2n) is 4.64. The first-order valence-corrected chi connectivity index (χ1v) is 5.97. The highest BCUT2D eigenvalue weighted by molar-refractivity contribution is 7.20. The number of hydrogen-bond acceptors (Lipinski definition) is 1. The van der Waals surface area contributed by atoms with E-state index in [1.807, 2.05) is 0 Å². The van der Waals surface area contributed by atoms with Crippen LogP contribution in [0.1, 0.15) is 25.6 Å². The van der Waals surface area contributed by atoms with Crippen LogP contribution in [0.15, 0.2) is 18.2 Å². The summed E-state index contributed by atoms with van der Waals surface area (Å²) in [5, 5.41) is 1.52. The highest BCUT2D eigenvalue weighted by atomic mass is 35.5. The lowest BCUT2D eigenvalue weighted by atomic mass is 9.94. The molecule has 0 saturated carbocycles. The zero-order valence-corrected chi connectivity index (χ0v) is 10.5. The van der Waals surface area contributed by atoms with Gasteiger partial charge in [-0.3, -0.25) is 0 Å². The van der Waals surface area contributed by atoms with Gasteiger partial charge in [-0.1, -0.05) is 32.4 Å². The van der Waals surface area contributed by atoms with Crippen LogP contribution in [-0.4, -0.2) is 0 Å². The summed E-state index contributed by atoms with van der Waals surface area (Å²) in [6, 6.07) is 4.77. The first kappa shape index (κ1) is 10.9. The van der Waals surface area contributed by atoms with E-state index in [1.165, 1.54) is 12.1 Å². The minimum Gasteiger partial charge on any atom is -0.207 e. The van der Waals surface area contributed by atoms with Crippen LogP contribution in [-0.2, 0) is 5.41 Å². The van der Waals surface area contributed by atoms with Crippen molar-refractivity contribution in [2.45, 2.75) is 26.2 Å². The summed E-state index contributed by atoms with van der Waals surface area (Å²) in [6.45, 7) is 6.33. The van der Waals surface area contributed by atoms with Crippen molar-refractivity contribution in [2.24, 2.45) is 0 Å². The largest absolute Gasteiger partial charge is 0.207 e. The molecule has 0 saturated heterocycles. The third-order valence-corrected chi connectivity index (χ3v) is 4.37. The van der Waals surface area contributed by atoms with Gasteiger partial charge in [-0.05, 0) is 23.6 Å². The number of thiophene rings is 1. The number of rotatable bonds is 0. The van der Waals surface area contributed by atoms with Gasteiger partial charge < -0.3 is 0 Å². The van der Waals surface area contributed by atoms with Gasteiger partial charge in [0, 0.05) is 15.0 Å². The maximum absolute atomic E-state index is 13.1. The summed E-state index contributed by atoms with van der Waals surface area (Å²) >= 11 is 7.90. The van der Waals surface area contributed by atoms with Crippen LogP contribution in [0.3, 0.4) is 0 Å². The molecule has 3 heteroatoms. The van der Waals surface area contributed by atoms with E-state index in [2.05, 4.69) is 20.8 Å². The Balaban J connectivity index is 2.76. The standard InChI is InChI=1S/C12H12ClFS/c1-12(2,3)11-10(13)8-6-7(14)4-5-9(8)15-11/h4-6H,1-3H3. The van der Waals surface area contributed by atoms with E-state index in [4.69, 9.17) is 11.6 Å². The Morgan fingerprint density at radius 1 is 1.27 bits per heavy atom. The second kappa shape index (κ2) is 3.46. The van der Waals surface area contributed by atoms with Crippen LogP contribution in [0.2, 0.25) is 5.02 Å². The van der Waals surface area contributed by atoms with Crippen molar-refractivity contribution in [3.8, 4) is 0 Å². The first-order valence-electron chi connectivity index (χ1n) is 4.77. The topological polar surface area (TPSA) is 0 Å². The third kappa shape index (κ3) is 1.88. The van der Waals surface area contributed by atoms with Crippen molar-refractivity contribution >= 4 is 33.0 Å². The summed E-state index contributed by atoms with van der Waals surface area (Å²) in [5.74, 6) is -0.234. The number of fused-ring (bicyclic) bond motifs is 1. The van der Waals surface area contributed by atoms with E-state index >= 15 is 0 Å². The summed E-state index contributed by atoms with van der Waals surface area (Å²) in [7, 11) is 0. The Bertz CT molecular complexity index is 508. The predicted molar refractivity (Wildman–Crippen MR) is 65.5 cm³/mol. The van der Waals surface area contributed by atoms with Crippen molar-refractivity contribution in [3.63, 3.8) is 0 Å². The van der Waals surface area contributed by atoms with E-state index in [-0.39, 0.29) is 11.2 Å². The fourth-order valence-electron chi connectivity index (χ4n) is 1.52. The maximum Gasteiger partial charge on any atom is 0.123 e. The first-order chi connectivity index (χ1) is 6.89. The van der Waals surface area contributed by atoms with E-state index in [0.717, 1.165) is 15.0 Å². The zero-order valence-electron chi connectivity index (χ0n) is 8.90. The Hall–Kier alpha value is -0.600. The molecule has 0 aliphatic carbocycles. The van der Waals surface area contributed by atoms with Crippen LogP contribution >= 0.6 is 22.9 Å². The van der Waals surface area contributed by atoms with Crippen molar-refractivity contribution in [3.05, 3.63) is 33.9 Å². The molecule has 1 aromatic heterocycles. The minimum absolute atomic E-state index is 0.0112. The predicted octanol–water partition coefficient (Wildman–Crippen LogP) is 4.99. The van der Waals surface area contributed by atoms with Gasteiger partial charge >= 0.3 is 0 Å². The highest BCUT2D eigenvalue weighted by Crippen LogP contribution is 2.42. The van der Waals surface area contributed by atoms with Crippen molar-refractivity contribution in [1.82, 2.24) is 0 Å². The van der Waals surface area contributed by atoms with Gasteiger partial charge in [0.1, 0.15) is 5.82 Å². The molecule has 0 spiro atoms. The number of halogens is 2. The van der Waals surface area contributed by atoms with Gasteiger partial charge in [0.05, 0.1) is 5.02 Å². The normalized spacial score (nSPS) is 12.3. The Kier molecular flexibility index (Phi) is 2.52. The minimum atomic E-state index is -0.234. The second-order valence-corrected chi connectivity index (χ2v) is 6.07. The molecular weight excluding hydrogens is 231 g/mol. The monoisotopic (exact) mass is 242 g/mol. The van der Waals surface area contributed by atoms with E-state index in [1.54, 1.807) is 17.4 Å². The number of benzene rings is 1. The molecule has 2 aromatic rings. The average Bonchev–Trinajstić information content (AvgIpc) is 2.43. The molecular formula is C12H12ClFS. The van der Waals surface area contributed by atoms with E-state index < -0.39 is 0 Å². The molecule has 0 atom stereocenters. The Labute approximate surface area is 97.7 Å². The van der Waals surface area contributed by atoms with Crippen molar-refractivity contribution in [2.75, 3.05) is 0 Å². The third-order valence-electron chi connectivity index (χ3n) is 2.27. The molecule has 0 N–H and O–H groups in total.